The summed E-state index contributed by atoms with van der Waals surface area (Å²) in [5.41, 5.74) is 0.503. The Balaban J connectivity index is 2.82. The summed E-state index contributed by atoms with van der Waals surface area (Å²) in [6.07, 6.45) is 0. The van der Waals surface area contributed by atoms with Gasteiger partial charge in [-0.25, -0.2) is 4.39 Å². The summed E-state index contributed by atoms with van der Waals surface area (Å²) < 4.78 is 13.2. The third-order valence-corrected chi connectivity index (χ3v) is 1.78. The van der Waals surface area contributed by atoms with E-state index in [2.05, 4.69) is 5.32 Å². The molecule has 1 aromatic rings. The molecule has 0 bridgehead atoms. The van der Waals surface area contributed by atoms with Gasteiger partial charge >= 0.3 is 0 Å². The van der Waals surface area contributed by atoms with Gasteiger partial charge in [-0.3, -0.25) is 4.79 Å². The molecule has 2 radical (unpaired) electrons. The number of carbonyl (C=O) groups excluding carboxylic acids is 1. The third-order valence-electron chi connectivity index (χ3n) is 1.78. The SMILES string of the molecule is [B]c1ccc(NC(=O)C(C)C)c(F)c1. The van der Waals surface area contributed by atoms with Gasteiger partial charge in [0.1, 0.15) is 13.7 Å². The fourth-order valence-corrected chi connectivity index (χ4v) is 0.910. The zero-order valence-electron chi connectivity index (χ0n) is 8.17. The first-order valence-corrected chi connectivity index (χ1v) is 4.36. The van der Waals surface area contributed by atoms with Gasteiger partial charge in [0.25, 0.3) is 0 Å². The lowest BCUT2D eigenvalue weighted by Crippen LogP contribution is -2.19. The van der Waals surface area contributed by atoms with E-state index in [1.54, 1.807) is 19.9 Å². The number of halogens is 1. The highest BCUT2D eigenvalue weighted by Gasteiger charge is 2.09. The highest BCUT2D eigenvalue weighted by atomic mass is 19.1. The molecule has 0 saturated carbocycles. The lowest BCUT2D eigenvalue weighted by atomic mass is 9.96. The van der Waals surface area contributed by atoms with Gasteiger partial charge < -0.3 is 5.32 Å². The van der Waals surface area contributed by atoms with E-state index in [0.29, 0.717) is 5.46 Å². The maximum Gasteiger partial charge on any atom is 0.227 e. The largest absolute Gasteiger partial charge is 0.323 e. The minimum absolute atomic E-state index is 0.165. The molecule has 72 valence electrons. The molecule has 0 fully saturated rings. The summed E-state index contributed by atoms with van der Waals surface area (Å²) in [5, 5.41) is 2.47. The van der Waals surface area contributed by atoms with E-state index in [4.69, 9.17) is 7.85 Å². The second kappa shape index (κ2) is 4.27. The van der Waals surface area contributed by atoms with Crippen molar-refractivity contribution < 1.29 is 9.18 Å². The van der Waals surface area contributed by atoms with Crippen LogP contribution in [0, 0.1) is 11.7 Å². The lowest BCUT2D eigenvalue weighted by Gasteiger charge is -2.08. The molecule has 0 atom stereocenters. The average molecular weight is 191 g/mol. The second-order valence-corrected chi connectivity index (χ2v) is 3.38. The van der Waals surface area contributed by atoms with Gasteiger partial charge in [0.2, 0.25) is 5.91 Å². The van der Waals surface area contributed by atoms with E-state index in [0.717, 1.165) is 0 Å². The van der Waals surface area contributed by atoms with E-state index in [9.17, 15) is 9.18 Å². The van der Waals surface area contributed by atoms with Crippen LogP contribution in [0.2, 0.25) is 0 Å². The smallest absolute Gasteiger partial charge is 0.227 e. The number of anilines is 1. The van der Waals surface area contributed by atoms with Crippen molar-refractivity contribution >= 4 is 24.9 Å². The highest BCUT2D eigenvalue weighted by molar-refractivity contribution is 6.32. The first kappa shape index (κ1) is 10.8. The van der Waals surface area contributed by atoms with Crippen LogP contribution >= 0.6 is 0 Å². The van der Waals surface area contributed by atoms with Crippen molar-refractivity contribution in [1.29, 1.82) is 0 Å². The van der Waals surface area contributed by atoms with Gasteiger partial charge in [-0.1, -0.05) is 25.4 Å². The molecule has 1 amide bonds. The predicted molar refractivity (Wildman–Crippen MR) is 55.3 cm³/mol. The fourth-order valence-electron chi connectivity index (χ4n) is 0.910. The summed E-state index contributed by atoms with van der Waals surface area (Å²) in [7, 11) is 5.37. The normalized spacial score (nSPS) is 10.3. The summed E-state index contributed by atoms with van der Waals surface area (Å²) in [6, 6.07) is 4.17. The van der Waals surface area contributed by atoms with E-state index >= 15 is 0 Å². The van der Waals surface area contributed by atoms with Gasteiger partial charge in [0.15, 0.2) is 0 Å². The van der Waals surface area contributed by atoms with Crippen LogP contribution in [-0.4, -0.2) is 13.8 Å². The van der Waals surface area contributed by atoms with Crippen molar-refractivity contribution in [3.63, 3.8) is 0 Å². The van der Waals surface area contributed by atoms with Crippen molar-refractivity contribution in [2.75, 3.05) is 5.32 Å². The third kappa shape index (κ3) is 2.59. The molecule has 1 aromatic carbocycles. The molecule has 4 heteroatoms. The molecule has 2 nitrogen and oxygen atoms in total. The molecule has 0 heterocycles. The topological polar surface area (TPSA) is 29.1 Å². The number of carbonyl (C=O) groups is 1. The van der Waals surface area contributed by atoms with Crippen molar-refractivity contribution in [2.45, 2.75) is 13.8 Å². The van der Waals surface area contributed by atoms with Crippen LogP contribution < -0.4 is 10.8 Å². The standard InChI is InChI=1S/C10H11BFNO/c1-6(2)10(14)13-9-4-3-7(11)5-8(9)12/h3-6H,1-2H3,(H,13,14). The average Bonchev–Trinajstić information content (AvgIpc) is 2.09. The van der Waals surface area contributed by atoms with Crippen molar-refractivity contribution in [3.05, 3.63) is 24.0 Å². The number of nitrogens with one attached hydrogen (secondary N) is 1. The number of hydrogen-bond acceptors (Lipinski definition) is 1. The highest BCUT2D eigenvalue weighted by Crippen LogP contribution is 2.12. The van der Waals surface area contributed by atoms with Crippen LogP contribution in [0.5, 0.6) is 0 Å². The van der Waals surface area contributed by atoms with Crippen LogP contribution in [0.4, 0.5) is 10.1 Å². The van der Waals surface area contributed by atoms with Gasteiger partial charge in [0, 0.05) is 5.92 Å². The first-order valence-electron chi connectivity index (χ1n) is 4.36. The Hall–Kier alpha value is -1.32. The Kier molecular flexibility index (Phi) is 3.28. The van der Waals surface area contributed by atoms with Crippen LogP contribution in [0.15, 0.2) is 18.2 Å². The molecular weight excluding hydrogens is 180 g/mol. The molecule has 0 aliphatic heterocycles. The molecule has 0 unspecified atom stereocenters. The molecular formula is C10H11BFNO. The lowest BCUT2D eigenvalue weighted by molar-refractivity contribution is -0.118. The van der Waals surface area contributed by atoms with Crippen molar-refractivity contribution in [1.82, 2.24) is 0 Å². The van der Waals surface area contributed by atoms with Crippen LogP contribution in [-0.2, 0) is 4.79 Å². The Morgan fingerprint density at radius 2 is 2.14 bits per heavy atom. The minimum Gasteiger partial charge on any atom is -0.323 e. The molecule has 1 rings (SSSR count). The number of benzene rings is 1. The van der Waals surface area contributed by atoms with Gasteiger partial charge in [-0.2, -0.15) is 0 Å². The maximum atomic E-state index is 13.2. The summed E-state index contributed by atoms with van der Waals surface area (Å²) in [4.78, 5) is 11.2. The van der Waals surface area contributed by atoms with Gasteiger partial charge in [-0.05, 0) is 12.1 Å². The van der Waals surface area contributed by atoms with Crippen LogP contribution in [0.3, 0.4) is 0 Å². The van der Waals surface area contributed by atoms with Gasteiger partial charge in [-0.15, -0.1) is 0 Å². The summed E-state index contributed by atoms with van der Waals surface area (Å²) in [5.74, 6) is -0.903. The molecule has 1 N–H and O–H groups in total. The molecule has 0 aliphatic carbocycles. The molecule has 0 spiro atoms. The summed E-state index contributed by atoms with van der Waals surface area (Å²) >= 11 is 0. The fraction of sp³-hybridized carbons (Fsp3) is 0.300. The first-order chi connectivity index (χ1) is 6.50. The quantitative estimate of drug-likeness (QED) is 0.699. The Morgan fingerprint density at radius 1 is 1.50 bits per heavy atom. The Morgan fingerprint density at radius 3 is 2.64 bits per heavy atom. The monoisotopic (exact) mass is 191 g/mol. The second-order valence-electron chi connectivity index (χ2n) is 3.38. The van der Waals surface area contributed by atoms with Crippen molar-refractivity contribution in [3.8, 4) is 0 Å². The molecule has 0 aromatic heterocycles. The van der Waals surface area contributed by atoms with E-state index in [1.807, 2.05) is 0 Å². The number of rotatable bonds is 2. The number of hydrogen-bond donors (Lipinski definition) is 1. The minimum atomic E-state index is -0.515. The molecule has 0 saturated heterocycles. The van der Waals surface area contributed by atoms with E-state index in [1.165, 1.54) is 12.1 Å². The Labute approximate surface area is 83.9 Å². The molecule has 14 heavy (non-hydrogen) atoms. The van der Waals surface area contributed by atoms with Crippen molar-refractivity contribution in [2.24, 2.45) is 5.92 Å². The summed E-state index contributed by atoms with van der Waals surface area (Å²) in [6.45, 7) is 3.48. The number of amides is 1. The zero-order valence-corrected chi connectivity index (χ0v) is 8.17. The predicted octanol–water partition coefficient (Wildman–Crippen LogP) is 1.21. The van der Waals surface area contributed by atoms with Crippen LogP contribution in [0.25, 0.3) is 0 Å². The van der Waals surface area contributed by atoms with Crippen LogP contribution in [0.1, 0.15) is 13.8 Å². The maximum absolute atomic E-state index is 13.2. The molecule has 0 aliphatic rings. The van der Waals surface area contributed by atoms with Gasteiger partial charge in [0.05, 0.1) is 5.69 Å². The van der Waals surface area contributed by atoms with E-state index in [-0.39, 0.29) is 17.5 Å². The Bertz CT molecular complexity index is 352. The zero-order chi connectivity index (χ0) is 10.7. The van der Waals surface area contributed by atoms with E-state index < -0.39 is 5.82 Å².